The number of carbonyl (C=O) groups is 1. The van der Waals surface area contributed by atoms with Crippen molar-refractivity contribution in [3.05, 3.63) is 33.8 Å². The molecule has 2 rings (SSSR count). The maximum atomic E-state index is 10.8. The summed E-state index contributed by atoms with van der Waals surface area (Å²) in [6.07, 6.45) is 0. The summed E-state index contributed by atoms with van der Waals surface area (Å²) in [4.78, 5) is 10.8. The first-order valence-electron chi connectivity index (χ1n) is 4.39. The predicted octanol–water partition coefficient (Wildman–Crippen LogP) is 2.63. The van der Waals surface area contributed by atoms with Gasteiger partial charge >= 0.3 is 0 Å². The van der Waals surface area contributed by atoms with Crippen LogP contribution in [0.4, 0.5) is 0 Å². The molecule has 0 bridgehead atoms. The standard InChI is InChI=1S/C10H6Cl4O2/c11-5-2-1-4(3-6(5)12)7-8(9(15)16)10(7,13)14/h1-3,7-8H,(H,15,16)/p-1/t7-,8+/m0/s1. The minimum Gasteiger partial charge on any atom is -0.550 e. The van der Waals surface area contributed by atoms with Crippen molar-refractivity contribution in [2.75, 3.05) is 0 Å². The Hall–Kier alpha value is -0.150. The van der Waals surface area contributed by atoms with Gasteiger partial charge in [-0.2, -0.15) is 0 Å². The van der Waals surface area contributed by atoms with Gasteiger partial charge in [-0.1, -0.05) is 29.3 Å². The third kappa shape index (κ3) is 1.88. The van der Waals surface area contributed by atoms with Gasteiger partial charge in [-0.05, 0) is 17.7 Å². The molecule has 0 unspecified atom stereocenters. The maximum Gasteiger partial charge on any atom is 0.134 e. The van der Waals surface area contributed by atoms with Crippen LogP contribution in [0, 0.1) is 5.92 Å². The molecule has 0 heterocycles. The Balaban J connectivity index is 2.33. The number of hydrogen-bond acceptors (Lipinski definition) is 2. The van der Waals surface area contributed by atoms with Gasteiger partial charge in [0.05, 0.1) is 10.0 Å². The van der Waals surface area contributed by atoms with Crippen LogP contribution in [0.2, 0.25) is 10.0 Å². The summed E-state index contributed by atoms with van der Waals surface area (Å²) in [7, 11) is 0. The highest BCUT2D eigenvalue weighted by Crippen LogP contribution is 2.64. The van der Waals surface area contributed by atoms with Gasteiger partial charge in [-0.25, -0.2) is 0 Å². The molecule has 86 valence electrons. The monoisotopic (exact) mass is 297 g/mol. The minimum atomic E-state index is -1.32. The van der Waals surface area contributed by atoms with Crippen LogP contribution in [-0.2, 0) is 4.79 Å². The van der Waals surface area contributed by atoms with Gasteiger partial charge in [0.25, 0.3) is 0 Å². The lowest BCUT2D eigenvalue weighted by atomic mass is 10.1. The van der Waals surface area contributed by atoms with Crippen molar-refractivity contribution in [2.24, 2.45) is 5.92 Å². The molecule has 16 heavy (non-hydrogen) atoms. The van der Waals surface area contributed by atoms with Crippen molar-refractivity contribution in [2.45, 2.75) is 10.3 Å². The number of alkyl halides is 2. The van der Waals surface area contributed by atoms with Crippen molar-refractivity contribution in [3.8, 4) is 0 Å². The average molecular weight is 299 g/mol. The van der Waals surface area contributed by atoms with E-state index in [4.69, 9.17) is 46.4 Å². The van der Waals surface area contributed by atoms with Gasteiger partial charge in [0.1, 0.15) is 4.33 Å². The smallest absolute Gasteiger partial charge is 0.134 e. The number of hydrogen-bond donors (Lipinski definition) is 0. The topological polar surface area (TPSA) is 40.1 Å². The predicted molar refractivity (Wildman–Crippen MR) is 62.1 cm³/mol. The molecule has 0 spiro atoms. The maximum absolute atomic E-state index is 10.8. The normalized spacial score (nSPS) is 26.5. The summed E-state index contributed by atoms with van der Waals surface area (Å²) in [6, 6.07) is 4.80. The number of aliphatic carboxylic acids is 1. The van der Waals surface area contributed by atoms with E-state index in [-0.39, 0.29) is 0 Å². The van der Waals surface area contributed by atoms with E-state index in [2.05, 4.69) is 0 Å². The van der Waals surface area contributed by atoms with Crippen LogP contribution in [-0.4, -0.2) is 10.3 Å². The second-order valence-electron chi connectivity index (χ2n) is 3.62. The van der Waals surface area contributed by atoms with E-state index in [0.29, 0.717) is 15.6 Å². The first-order chi connectivity index (χ1) is 7.35. The van der Waals surface area contributed by atoms with Gasteiger partial charge in [0.2, 0.25) is 0 Å². The zero-order valence-electron chi connectivity index (χ0n) is 7.72. The summed E-state index contributed by atoms with van der Waals surface area (Å²) < 4.78 is -1.32. The summed E-state index contributed by atoms with van der Waals surface area (Å²) in [6.45, 7) is 0. The first-order valence-corrected chi connectivity index (χ1v) is 5.90. The number of carboxylic acids is 1. The van der Waals surface area contributed by atoms with E-state index in [1.807, 2.05) is 0 Å². The van der Waals surface area contributed by atoms with Crippen LogP contribution in [0.25, 0.3) is 0 Å². The van der Waals surface area contributed by atoms with Crippen LogP contribution in [0.5, 0.6) is 0 Å². The molecular weight excluding hydrogens is 294 g/mol. The lowest BCUT2D eigenvalue weighted by molar-refractivity contribution is -0.308. The molecule has 0 aliphatic heterocycles. The number of carboxylic acid groups (broad SMARTS) is 1. The Bertz CT molecular complexity index is 458. The third-order valence-corrected chi connectivity index (χ3v) is 4.29. The molecule has 1 aliphatic rings. The van der Waals surface area contributed by atoms with Gasteiger partial charge in [-0.3, -0.25) is 0 Å². The number of carbonyl (C=O) groups excluding carboxylic acids is 1. The molecule has 0 saturated heterocycles. The van der Waals surface area contributed by atoms with E-state index in [9.17, 15) is 9.90 Å². The fraction of sp³-hybridized carbons (Fsp3) is 0.300. The van der Waals surface area contributed by atoms with Crippen LogP contribution in [0.15, 0.2) is 18.2 Å². The second kappa shape index (κ2) is 3.95. The summed E-state index contributed by atoms with van der Waals surface area (Å²) in [5.41, 5.74) is 0.647. The molecule has 2 nitrogen and oxygen atoms in total. The van der Waals surface area contributed by atoms with Crippen molar-refractivity contribution in [3.63, 3.8) is 0 Å². The Kier molecular flexibility index (Phi) is 3.04. The summed E-state index contributed by atoms with van der Waals surface area (Å²) >= 11 is 23.3. The fourth-order valence-electron chi connectivity index (χ4n) is 1.74. The van der Waals surface area contributed by atoms with Gasteiger partial charge in [0, 0.05) is 17.8 Å². The number of rotatable bonds is 2. The minimum absolute atomic E-state index is 0.340. The highest BCUT2D eigenvalue weighted by Gasteiger charge is 2.64. The number of halogens is 4. The lowest BCUT2D eigenvalue weighted by Crippen LogP contribution is -2.26. The Morgan fingerprint density at radius 3 is 2.31 bits per heavy atom. The van der Waals surface area contributed by atoms with Crippen molar-refractivity contribution >= 4 is 52.4 Å². The van der Waals surface area contributed by atoms with Gasteiger partial charge in [0.15, 0.2) is 0 Å². The molecule has 0 amide bonds. The SMILES string of the molecule is O=C([O-])[C@H]1[C@H](c2ccc(Cl)c(Cl)c2)C1(Cl)Cl. The molecular formula is C10H5Cl4O2-. The molecule has 1 aromatic rings. The molecule has 0 N–H and O–H groups in total. The fourth-order valence-corrected chi connectivity index (χ4v) is 2.86. The lowest BCUT2D eigenvalue weighted by Gasteiger charge is -2.02. The van der Waals surface area contributed by atoms with Crippen LogP contribution in [0.3, 0.4) is 0 Å². The molecule has 1 fully saturated rings. The number of benzene rings is 1. The third-order valence-electron chi connectivity index (χ3n) is 2.61. The first kappa shape index (κ1) is 12.3. The molecule has 2 atom stereocenters. The zero-order valence-corrected chi connectivity index (χ0v) is 10.7. The van der Waals surface area contributed by atoms with Crippen LogP contribution >= 0.6 is 46.4 Å². The molecule has 1 saturated carbocycles. The van der Waals surface area contributed by atoms with Crippen LogP contribution in [0.1, 0.15) is 11.5 Å². The van der Waals surface area contributed by atoms with E-state index in [1.165, 1.54) is 0 Å². The molecule has 1 aromatic carbocycles. The molecule has 1 aliphatic carbocycles. The molecule has 0 radical (unpaired) electrons. The van der Waals surface area contributed by atoms with Crippen LogP contribution < -0.4 is 5.11 Å². The Morgan fingerprint density at radius 2 is 1.88 bits per heavy atom. The Morgan fingerprint density at radius 1 is 1.25 bits per heavy atom. The molecule has 6 heteroatoms. The average Bonchev–Trinajstić information content (AvgIpc) is 2.74. The Labute approximate surface area is 112 Å². The summed E-state index contributed by atoms with van der Waals surface area (Å²) in [5.74, 6) is -2.68. The van der Waals surface area contributed by atoms with E-state index >= 15 is 0 Å². The van der Waals surface area contributed by atoms with Crippen molar-refractivity contribution < 1.29 is 9.90 Å². The second-order valence-corrected chi connectivity index (χ2v) is 5.88. The largest absolute Gasteiger partial charge is 0.550 e. The van der Waals surface area contributed by atoms with E-state index < -0.39 is 22.1 Å². The quantitative estimate of drug-likeness (QED) is 0.788. The zero-order chi connectivity index (χ0) is 12.1. The van der Waals surface area contributed by atoms with Crippen molar-refractivity contribution in [1.29, 1.82) is 0 Å². The van der Waals surface area contributed by atoms with Gasteiger partial charge in [-0.15, -0.1) is 23.2 Å². The molecule has 0 aromatic heterocycles. The van der Waals surface area contributed by atoms with Crippen molar-refractivity contribution in [1.82, 2.24) is 0 Å². The van der Waals surface area contributed by atoms with E-state index in [1.54, 1.807) is 18.2 Å². The van der Waals surface area contributed by atoms with E-state index in [0.717, 1.165) is 0 Å². The highest BCUT2D eigenvalue weighted by molar-refractivity contribution is 6.53. The van der Waals surface area contributed by atoms with Gasteiger partial charge < -0.3 is 9.90 Å². The summed E-state index contributed by atoms with van der Waals surface area (Å²) in [5, 5.41) is 11.5. The highest BCUT2D eigenvalue weighted by atomic mass is 35.5.